The predicted molar refractivity (Wildman–Crippen MR) is 79.9 cm³/mol. The Morgan fingerprint density at radius 3 is 2.43 bits per heavy atom. The van der Waals surface area contributed by atoms with E-state index in [2.05, 4.69) is 5.32 Å². The molecule has 1 atom stereocenters. The van der Waals surface area contributed by atoms with E-state index in [9.17, 15) is 17.6 Å². The Labute approximate surface area is 127 Å². The van der Waals surface area contributed by atoms with Gasteiger partial charge in [0, 0.05) is 11.8 Å². The second kappa shape index (κ2) is 8.63. The number of rotatable bonds is 8. The van der Waals surface area contributed by atoms with Gasteiger partial charge in [0.1, 0.15) is 5.82 Å². The van der Waals surface area contributed by atoms with Crippen LogP contribution in [-0.2, 0) is 6.42 Å². The topological polar surface area (TPSA) is 12.0 Å². The van der Waals surface area contributed by atoms with Gasteiger partial charge in [0.25, 0.3) is 0 Å². The third-order valence-electron chi connectivity index (χ3n) is 3.07. The summed E-state index contributed by atoms with van der Waals surface area (Å²) in [6, 6.07) is 6.68. The molecular formula is C15H21F4NS. The summed E-state index contributed by atoms with van der Waals surface area (Å²) in [5, 5.41) is 3.22. The van der Waals surface area contributed by atoms with E-state index in [-0.39, 0.29) is 35.3 Å². The minimum Gasteiger partial charge on any atom is -0.314 e. The van der Waals surface area contributed by atoms with Crippen molar-refractivity contribution in [2.45, 2.75) is 38.2 Å². The van der Waals surface area contributed by atoms with Gasteiger partial charge in [-0.2, -0.15) is 13.2 Å². The van der Waals surface area contributed by atoms with E-state index in [1.165, 1.54) is 6.07 Å². The van der Waals surface area contributed by atoms with Crippen molar-refractivity contribution in [3.8, 4) is 0 Å². The summed E-state index contributed by atoms with van der Waals surface area (Å²) in [6.07, 6.45) is 0.850. The third-order valence-corrected chi connectivity index (χ3v) is 3.84. The number of thioether (sulfide) groups is 1. The minimum absolute atomic E-state index is 0.00238. The molecule has 1 aromatic carbocycles. The second-order valence-electron chi connectivity index (χ2n) is 5.31. The third kappa shape index (κ3) is 8.31. The van der Waals surface area contributed by atoms with E-state index in [0.717, 1.165) is 0 Å². The van der Waals surface area contributed by atoms with Crippen molar-refractivity contribution in [1.29, 1.82) is 0 Å². The van der Waals surface area contributed by atoms with Gasteiger partial charge in [0.05, 0.1) is 0 Å². The molecule has 0 heterocycles. The van der Waals surface area contributed by atoms with Gasteiger partial charge in [0.15, 0.2) is 0 Å². The first-order valence-electron chi connectivity index (χ1n) is 6.95. The van der Waals surface area contributed by atoms with Gasteiger partial charge in [0.2, 0.25) is 0 Å². The fraction of sp³-hybridized carbons (Fsp3) is 0.600. The summed E-state index contributed by atoms with van der Waals surface area (Å²) in [5.41, 5.74) is -3.64. The zero-order valence-corrected chi connectivity index (χ0v) is 13.0. The molecule has 1 rings (SSSR count). The Kier molecular flexibility index (Phi) is 7.52. The van der Waals surface area contributed by atoms with Crippen LogP contribution in [0.5, 0.6) is 0 Å². The molecule has 0 fully saturated rings. The van der Waals surface area contributed by atoms with E-state index in [1.54, 1.807) is 18.2 Å². The highest BCUT2D eigenvalue weighted by Crippen LogP contribution is 2.31. The first kappa shape index (κ1) is 18.3. The Morgan fingerprint density at radius 1 is 1.19 bits per heavy atom. The first-order valence-corrected chi connectivity index (χ1v) is 7.94. The molecule has 0 saturated heterocycles. The van der Waals surface area contributed by atoms with Crippen LogP contribution in [0.1, 0.15) is 25.8 Å². The number of hydrogen-bond donors (Lipinski definition) is 1. The van der Waals surface area contributed by atoms with Gasteiger partial charge < -0.3 is 5.32 Å². The van der Waals surface area contributed by atoms with E-state index < -0.39 is 5.51 Å². The van der Waals surface area contributed by atoms with Crippen LogP contribution in [0, 0.1) is 11.7 Å². The first-order chi connectivity index (χ1) is 9.78. The van der Waals surface area contributed by atoms with Crippen molar-refractivity contribution in [2.24, 2.45) is 5.92 Å². The molecule has 1 N–H and O–H groups in total. The lowest BCUT2D eigenvalue weighted by atomic mass is 9.96. The fourth-order valence-corrected chi connectivity index (χ4v) is 2.68. The largest absolute Gasteiger partial charge is 0.441 e. The van der Waals surface area contributed by atoms with E-state index >= 15 is 0 Å². The summed E-state index contributed by atoms with van der Waals surface area (Å²) in [6.45, 7) is 4.54. The molecule has 6 heteroatoms. The van der Waals surface area contributed by atoms with Crippen LogP contribution in [0.15, 0.2) is 24.3 Å². The second-order valence-corrected chi connectivity index (χ2v) is 6.47. The summed E-state index contributed by atoms with van der Waals surface area (Å²) >= 11 is -0.0106. The maximum Gasteiger partial charge on any atom is 0.441 e. The average molecular weight is 323 g/mol. The summed E-state index contributed by atoms with van der Waals surface area (Å²) in [7, 11) is 0. The molecule has 0 saturated carbocycles. The lowest BCUT2D eigenvalue weighted by Gasteiger charge is -2.20. The zero-order valence-electron chi connectivity index (χ0n) is 12.2. The van der Waals surface area contributed by atoms with Gasteiger partial charge in [-0.25, -0.2) is 4.39 Å². The number of alkyl halides is 3. The summed E-state index contributed by atoms with van der Waals surface area (Å²) in [5.74, 6) is -0.308. The van der Waals surface area contributed by atoms with Crippen LogP contribution in [0.3, 0.4) is 0 Å². The molecule has 0 aromatic heterocycles. The molecule has 0 aliphatic heterocycles. The zero-order chi connectivity index (χ0) is 15.9. The lowest BCUT2D eigenvalue weighted by Crippen LogP contribution is -2.30. The van der Waals surface area contributed by atoms with Crippen LogP contribution in [0.2, 0.25) is 0 Å². The lowest BCUT2D eigenvalue weighted by molar-refractivity contribution is -0.0328. The molecule has 0 aliphatic carbocycles. The smallest absolute Gasteiger partial charge is 0.314 e. The molecule has 21 heavy (non-hydrogen) atoms. The van der Waals surface area contributed by atoms with Gasteiger partial charge >= 0.3 is 5.51 Å². The molecule has 0 radical (unpaired) electrons. The van der Waals surface area contributed by atoms with Gasteiger partial charge in [-0.1, -0.05) is 43.8 Å². The molecular weight excluding hydrogens is 302 g/mol. The number of nitrogens with one attached hydrogen (secondary N) is 1. The molecule has 1 unspecified atom stereocenters. The summed E-state index contributed by atoms with van der Waals surface area (Å²) < 4.78 is 50.3. The quantitative estimate of drug-likeness (QED) is 0.700. The van der Waals surface area contributed by atoms with Crippen molar-refractivity contribution in [2.75, 3.05) is 12.3 Å². The van der Waals surface area contributed by atoms with Crippen LogP contribution < -0.4 is 5.32 Å². The van der Waals surface area contributed by atoms with Crippen molar-refractivity contribution in [3.63, 3.8) is 0 Å². The van der Waals surface area contributed by atoms with Crippen molar-refractivity contribution < 1.29 is 17.6 Å². The van der Waals surface area contributed by atoms with Gasteiger partial charge in [-0.15, -0.1) is 0 Å². The van der Waals surface area contributed by atoms with E-state index in [4.69, 9.17) is 0 Å². The summed E-state index contributed by atoms with van der Waals surface area (Å²) in [4.78, 5) is 0. The molecule has 0 amide bonds. The molecule has 0 bridgehead atoms. The standard InChI is InChI=1S/C15H21F4NS/c1-11(2)20-10-12(7-8-21-15(17,18)19)9-13-5-3-4-6-14(13)16/h3-6,11-12,20H,7-10H2,1-2H3. The normalized spacial score (nSPS) is 13.7. The Morgan fingerprint density at radius 2 is 1.86 bits per heavy atom. The minimum atomic E-state index is -4.20. The maximum atomic E-state index is 13.7. The van der Waals surface area contributed by atoms with Gasteiger partial charge in [-0.05, 0) is 36.9 Å². The Hall–Kier alpha value is -0.750. The van der Waals surface area contributed by atoms with Gasteiger partial charge in [-0.3, -0.25) is 0 Å². The predicted octanol–water partition coefficient (Wildman–Crippen LogP) is 4.63. The molecule has 1 nitrogen and oxygen atoms in total. The number of hydrogen-bond acceptors (Lipinski definition) is 2. The SMILES string of the molecule is CC(C)NCC(CCSC(F)(F)F)Cc1ccccc1F. The Bertz CT molecular complexity index is 420. The van der Waals surface area contributed by atoms with Crippen molar-refractivity contribution in [1.82, 2.24) is 5.32 Å². The molecule has 120 valence electrons. The fourth-order valence-electron chi connectivity index (χ4n) is 1.99. The van der Waals surface area contributed by atoms with Crippen molar-refractivity contribution >= 4 is 11.8 Å². The monoisotopic (exact) mass is 323 g/mol. The van der Waals surface area contributed by atoms with Crippen LogP contribution >= 0.6 is 11.8 Å². The number of benzene rings is 1. The Balaban J connectivity index is 2.57. The van der Waals surface area contributed by atoms with E-state index in [1.807, 2.05) is 13.8 Å². The number of halogens is 4. The highest BCUT2D eigenvalue weighted by Gasteiger charge is 2.28. The van der Waals surface area contributed by atoms with Crippen LogP contribution in [0.25, 0.3) is 0 Å². The van der Waals surface area contributed by atoms with E-state index in [0.29, 0.717) is 24.9 Å². The highest BCUT2D eigenvalue weighted by atomic mass is 32.2. The highest BCUT2D eigenvalue weighted by molar-refractivity contribution is 8.00. The van der Waals surface area contributed by atoms with Crippen LogP contribution in [0.4, 0.5) is 17.6 Å². The molecule has 0 spiro atoms. The average Bonchev–Trinajstić information content (AvgIpc) is 2.36. The molecule has 1 aromatic rings. The maximum absolute atomic E-state index is 13.7. The van der Waals surface area contributed by atoms with Crippen molar-refractivity contribution in [3.05, 3.63) is 35.6 Å². The molecule has 0 aliphatic rings. The van der Waals surface area contributed by atoms with Crippen LogP contribution in [-0.4, -0.2) is 23.8 Å².